The first-order valence-corrected chi connectivity index (χ1v) is 9.75. The molecule has 4 rings (SSSR count). The molecule has 28 heavy (non-hydrogen) atoms. The van der Waals surface area contributed by atoms with Crippen molar-refractivity contribution in [2.24, 2.45) is 5.92 Å². The highest BCUT2D eigenvalue weighted by atomic mass is 32.1. The fraction of sp³-hybridized carbons (Fsp3) is 0.316. The van der Waals surface area contributed by atoms with E-state index in [4.69, 9.17) is 0 Å². The topological polar surface area (TPSA) is 121 Å². The number of rotatable bonds is 3. The first-order chi connectivity index (χ1) is 13.4. The highest BCUT2D eigenvalue weighted by molar-refractivity contribution is 7.17. The van der Waals surface area contributed by atoms with Crippen molar-refractivity contribution < 1.29 is 24.0 Å². The molecule has 0 aliphatic carbocycles. The predicted octanol–water partition coefficient (Wildman–Crippen LogP) is 0.859. The Morgan fingerprint density at radius 2 is 1.82 bits per heavy atom. The zero-order valence-electron chi connectivity index (χ0n) is 14.7. The highest BCUT2D eigenvalue weighted by Gasteiger charge is 2.54. The van der Waals surface area contributed by atoms with Gasteiger partial charge in [-0.3, -0.25) is 34.6 Å². The number of nitrogens with one attached hydrogen (secondary N) is 3. The third kappa shape index (κ3) is 2.97. The molecule has 2 aliphatic heterocycles. The summed E-state index contributed by atoms with van der Waals surface area (Å²) in [4.78, 5) is 61.5. The number of carbonyl (C=O) groups excluding carboxylic acids is 5. The second-order valence-corrected chi connectivity index (χ2v) is 7.86. The molecule has 0 bridgehead atoms. The van der Waals surface area contributed by atoms with Gasteiger partial charge in [0, 0.05) is 28.3 Å². The maximum absolute atomic E-state index is 13.1. The van der Waals surface area contributed by atoms with Crippen molar-refractivity contribution in [3.05, 3.63) is 35.2 Å². The van der Waals surface area contributed by atoms with Gasteiger partial charge in [-0.2, -0.15) is 0 Å². The molecular weight excluding hydrogens is 382 g/mol. The van der Waals surface area contributed by atoms with Crippen molar-refractivity contribution in [1.82, 2.24) is 16.0 Å². The number of hydrogen-bond donors (Lipinski definition) is 3. The summed E-state index contributed by atoms with van der Waals surface area (Å²) in [6.07, 6.45) is 0.180. The molecule has 2 saturated heterocycles. The lowest BCUT2D eigenvalue weighted by molar-refractivity contribution is -0.149. The van der Waals surface area contributed by atoms with Gasteiger partial charge in [-0.25, -0.2) is 0 Å². The van der Waals surface area contributed by atoms with Crippen LogP contribution in [0.3, 0.4) is 0 Å². The van der Waals surface area contributed by atoms with Crippen molar-refractivity contribution >= 4 is 51.0 Å². The zero-order valence-corrected chi connectivity index (χ0v) is 15.6. The van der Waals surface area contributed by atoms with E-state index in [9.17, 15) is 24.0 Å². The van der Waals surface area contributed by atoms with Gasteiger partial charge >= 0.3 is 0 Å². The van der Waals surface area contributed by atoms with Gasteiger partial charge < -0.3 is 5.32 Å². The van der Waals surface area contributed by atoms with Crippen molar-refractivity contribution in [2.45, 2.75) is 31.2 Å². The van der Waals surface area contributed by atoms with Crippen LogP contribution >= 0.6 is 11.3 Å². The number of hydrogen-bond acceptors (Lipinski definition) is 6. The maximum Gasteiger partial charge on any atom is 0.253 e. The lowest BCUT2D eigenvalue weighted by atomic mass is 9.73. The monoisotopic (exact) mass is 399 g/mol. The summed E-state index contributed by atoms with van der Waals surface area (Å²) < 4.78 is 0.922. The van der Waals surface area contributed by atoms with Crippen LogP contribution in [0, 0.1) is 5.92 Å². The lowest BCUT2D eigenvalue weighted by Gasteiger charge is -2.42. The van der Waals surface area contributed by atoms with Crippen LogP contribution in [-0.2, 0) is 19.2 Å². The number of thiophene rings is 1. The van der Waals surface area contributed by atoms with Crippen molar-refractivity contribution in [2.75, 3.05) is 0 Å². The van der Waals surface area contributed by atoms with E-state index in [1.54, 1.807) is 5.38 Å². The lowest BCUT2D eigenvalue weighted by Crippen LogP contribution is -2.69. The molecule has 2 fully saturated rings. The largest absolute Gasteiger partial charge is 0.337 e. The quantitative estimate of drug-likeness (QED) is 0.661. The van der Waals surface area contributed by atoms with Gasteiger partial charge in [-0.1, -0.05) is 18.2 Å². The summed E-state index contributed by atoms with van der Waals surface area (Å²) >= 11 is 1.40. The molecule has 3 heterocycles. The summed E-state index contributed by atoms with van der Waals surface area (Å²) in [6, 6.07) is 7.38. The fourth-order valence-corrected chi connectivity index (χ4v) is 4.79. The molecule has 9 heteroatoms. The molecule has 0 radical (unpaired) electrons. The van der Waals surface area contributed by atoms with E-state index in [0.29, 0.717) is 5.56 Å². The summed E-state index contributed by atoms with van der Waals surface area (Å²) in [7, 11) is 0. The average molecular weight is 399 g/mol. The SMILES string of the molecule is O=C1CCC(C2(NC(=O)c3csc4ccccc34)CCC(=O)NC2=O)C(=O)N1. The number of carbonyl (C=O) groups is 5. The Labute approximate surface area is 163 Å². The number of fused-ring (bicyclic) bond motifs is 1. The number of amides is 5. The maximum atomic E-state index is 13.1. The first kappa shape index (κ1) is 18.3. The van der Waals surface area contributed by atoms with E-state index < -0.39 is 41.0 Å². The third-order valence-electron chi connectivity index (χ3n) is 5.30. The van der Waals surface area contributed by atoms with Gasteiger partial charge in [-0.15, -0.1) is 11.3 Å². The minimum atomic E-state index is -1.58. The molecule has 3 N–H and O–H groups in total. The molecule has 0 spiro atoms. The van der Waals surface area contributed by atoms with Crippen LogP contribution in [0.4, 0.5) is 0 Å². The van der Waals surface area contributed by atoms with Gasteiger partial charge in [0.05, 0.1) is 11.5 Å². The number of benzene rings is 1. The summed E-state index contributed by atoms with van der Waals surface area (Å²) in [5, 5.41) is 9.65. The minimum absolute atomic E-state index is 0.00223. The number of piperidine rings is 2. The Bertz CT molecular complexity index is 1030. The molecule has 1 aromatic heterocycles. The van der Waals surface area contributed by atoms with Gasteiger partial charge in [0.2, 0.25) is 17.7 Å². The average Bonchev–Trinajstić information content (AvgIpc) is 3.09. The van der Waals surface area contributed by atoms with Crippen LogP contribution in [0.1, 0.15) is 36.0 Å². The molecule has 1 aromatic carbocycles. The normalized spacial score (nSPS) is 25.4. The minimum Gasteiger partial charge on any atom is -0.337 e. The zero-order chi connectivity index (χ0) is 19.9. The van der Waals surface area contributed by atoms with Crippen molar-refractivity contribution in [3.8, 4) is 0 Å². The number of imide groups is 2. The van der Waals surface area contributed by atoms with E-state index in [1.165, 1.54) is 11.3 Å². The molecule has 2 aliphatic rings. The Kier molecular flexibility index (Phi) is 4.46. The van der Waals surface area contributed by atoms with E-state index in [2.05, 4.69) is 16.0 Å². The van der Waals surface area contributed by atoms with Gasteiger partial charge in [0.1, 0.15) is 5.54 Å². The first-order valence-electron chi connectivity index (χ1n) is 8.87. The fourth-order valence-electron chi connectivity index (χ4n) is 3.85. The van der Waals surface area contributed by atoms with Crippen LogP contribution < -0.4 is 16.0 Å². The Balaban J connectivity index is 1.71. The van der Waals surface area contributed by atoms with Gasteiger partial charge in [0.25, 0.3) is 11.8 Å². The molecule has 144 valence electrons. The van der Waals surface area contributed by atoms with E-state index >= 15 is 0 Å². The van der Waals surface area contributed by atoms with E-state index in [0.717, 1.165) is 10.1 Å². The van der Waals surface area contributed by atoms with Crippen molar-refractivity contribution in [3.63, 3.8) is 0 Å². The van der Waals surface area contributed by atoms with E-state index in [1.807, 2.05) is 24.3 Å². The van der Waals surface area contributed by atoms with E-state index in [-0.39, 0.29) is 25.7 Å². The highest BCUT2D eigenvalue weighted by Crippen LogP contribution is 2.34. The second kappa shape index (κ2) is 6.83. The molecule has 2 aromatic rings. The summed E-state index contributed by atoms with van der Waals surface area (Å²) in [5.41, 5.74) is -1.18. The molecular formula is C19H17N3O5S. The van der Waals surface area contributed by atoms with Crippen LogP contribution in [0.5, 0.6) is 0 Å². The summed E-state index contributed by atoms with van der Waals surface area (Å²) in [5.74, 6) is -3.64. The van der Waals surface area contributed by atoms with Crippen LogP contribution in [0.2, 0.25) is 0 Å². The molecule has 2 atom stereocenters. The smallest absolute Gasteiger partial charge is 0.253 e. The summed E-state index contributed by atoms with van der Waals surface area (Å²) in [6.45, 7) is 0. The molecule has 5 amide bonds. The molecule has 0 saturated carbocycles. The van der Waals surface area contributed by atoms with Gasteiger partial charge in [-0.05, 0) is 18.9 Å². The Morgan fingerprint density at radius 1 is 1.07 bits per heavy atom. The Morgan fingerprint density at radius 3 is 2.57 bits per heavy atom. The molecule has 8 nitrogen and oxygen atoms in total. The molecule has 2 unspecified atom stereocenters. The van der Waals surface area contributed by atoms with Crippen molar-refractivity contribution in [1.29, 1.82) is 0 Å². The predicted molar refractivity (Wildman–Crippen MR) is 100 cm³/mol. The van der Waals surface area contributed by atoms with Crippen LogP contribution in [0.25, 0.3) is 10.1 Å². The second-order valence-electron chi connectivity index (χ2n) is 6.95. The third-order valence-corrected chi connectivity index (χ3v) is 6.26. The Hall–Kier alpha value is -3.07. The van der Waals surface area contributed by atoms with Crippen LogP contribution in [-0.4, -0.2) is 35.1 Å². The standard InChI is InChI=1S/C19H17N3O5S/c23-14-6-5-12(17(26)20-14)19(8-7-15(24)21-18(19)27)22-16(25)11-9-28-13-4-2-1-3-10(11)13/h1-4,9,12H,5-8H2,(H,22,25)(H,20,23,26)(H,21,24,27). The van der Waals surface area contributed by atoms with Gasteiger partial charge in [0.15, 0.2) is 0 Å². The van der Waals surface area contributed by atoms with Crippen LogP contribution in [0.15, 0.2) is 29.6 Å².